The van der Waals surface area contributed by atoms with Crippen molar-refractivity contribution in [3.8, 4) is 0 Å². The molecule has 0 fully saturated rings. The van der Waals surface area contributed by atoms with Crippen molar-refractivity contribution in [3.05, 3.63) is 59.9 Å². The van der Waals surface area contributed by atoms with E-state index < -0.39 is 10.0 Å². The summed E-state index contributed by atoms with van der Waals surface area (Å²) in [4.78, 5) is 20.1. The number of imidazole rings is 1. The molecule has 1 aromatic heterocycles. The molecule has 0 unspecified atom stereocenters. The molecule has 0 atom stereocenters. The Hall–Kier alpha value is -2.71. The number of benzene rings is 2. The number of amides is 1. The Kier molecular flexibility index (Phi) is 5.57. The lowest BCUT2D eigenvalue weighted by Crippen LogP contribution is -2.31. The third-order valence-electron chi connectivity index (χ3n) is 3.88. The third-order valence-corrected chi connectivity index (χ3v) is 5.54. The molecular weight excluding hydrogens is 364 g/mol. The summed E-state index contributed by atoms with van der Waals surface area (Å²) in [6.45, 7) is 3.87. The maximum atomic E-state index is 12.4. The number of aromatic amines is 1. The largest absolute Gasteiger partial charge is 0.352 e. The summed E-state index contributed by atoms with van der Waals surface area (Å²) < 4.78 is 27.0. The van der Waals surface area contributed by atoms with Crippen molar-refractivity contribution >= 4 is 27.0 Å². The number of nitrogens with one attached hydrogen (secondary N) is 3. The molecule has 0 radical (unpaired) electrons. The number of nitrogens with zero attached hydrogens (tertiary/aromatic N) is 1. The van der Waals surface area contributed by atoms with Crippen molar-refractivity contribution in [2.75, 3.05) is 6.54 Å². The Bertz CT molecular complexity index is 1020. The van der Waals surface area contributed by atoms with Gasteiger partial charge < -0.3 is 10.3 Å². The summed E-state index contributed by atoms with van der Waals surface area (Å²) in [5, 5.41) is 2.80. The molecule has 3 aromatic rings. The average Bonchev–Trinajstić information content (AvgIpc) is 3.03. The molecule has 7 nitrogen and oxygen atoms in total. The fourth-order valence-corrected chi connectivity index (χ4v) is 4.00. The highest BCUT2D eigenvalue weighted by atomic mass is 32.2. The molecular formula is C19H22N4O3S. The Labute approximate surface area is 158 Å². The molecule has 0 aliphatic rings. The van der Waals surface area contributed by atoms with Crippen LogP contribution in [0.25, 0.3) is 11.0 Å². The van der Waals surface area contributed by atoms with Gasteiger partial charge in [0.25, 0.3) is 5.91 Å². The number of carbonyl (C=O) groups excluding carboxylic acids is 1. The predicted molar refractivity (Wildman–Crippen MR) is 104 cm³/mol. The Morgan fingerprint density at radius 3 is 2.67 bits per heavy atom. The van der Waals surface area contributed by atoms with Gasteiger partial charge in [0.1, 0.15) is 5.82 Å². The zero-order valence-corrected chi connectivity index (χ0v) is 16.0. The zero-order valence-electron chi connectivity index (χ0n) is 15.2. The van der Waals surface area contributed by atoms with E-state index in [-0.39, 0.29) is 16.8 Å². The fourth-order valence-electron chi connectivity index (χ4n) is 2.70. The maximum Gasteiger partial charge on any atom is 0.251 e. The van der Waals surface area contributed by atoms with E-state index in [1.165, 1.54) is 12.1 Å². The van der Waals surface area contributed by atoms with Gasteiger partial charge in [-0.2, -0.15) is 0 Å². The number of sulfonamides is 1. The number of fused-ring (bicyclic) bond motifs is 1. The van der Waals surface area contributed by atoms with Crippen LogP contribution in [-0.4, -0.2) is 36.9 Å². The lowest BCUT2D eigenvalue weighted by atomic mass is 10.2. The molecule has 0 saturated heterocycles. The molecule has 0 aliphatic carbocycles. The van der Waals surface area contributed by atoms with Gasteiger partial charge in [-0.1, -0.05) is 18.2 Å². The van der Waals surface area contributed by atoms with Gasteiger partial charge in [-0.3, -0.25) is 4.79 Å². The normalized spacial score (nSPS) is 11.8. The summed E-state index contributed by atoms with van der Waals surface area (Å²) in [5.74, 6) is 0.460. The van der Waals surface area contributed by atoms with E-state index in [1.807, 2.05) is 24.3 Å². The van der Waals surface area contributed by atoms with Crippen molar-refractivity contribution in [1.29, 1.82) is 0 Å². The van der Waals surface area contributed by atoms with Crippen LogP contribution in [0.15, 0.2) is 53.4 Å². The van der Waals surface area contributed by atoms with Gasteiger partial charge >= 0.3 is 0 Å². The van der Waals surface area contributed by atoms with Crippen LogP contribution in [0.1, 0.15) is 30.0 Å². The summed E-state index contributed by atoms with van der Waals surface area (Å²) in [6.07, 6.45) is 0.549. The molecule has 8 heteroatoms. The van der Waals surface area contributed by atoms with E-state index in [2.05, 4.69) is 20.0 Å². The second-order valence-electron chi connectivity index (χ2n) is 6.51. The minimum Gasteiger partial charge on any atom is -0.352 e. The number of H-pyrrole nitrogens is 1. The molecule has 3 rings (SSSR count). The number of para-hydroxylation sites is 2. The van der Waals surface area contributed by atoms with E-state index in [0.717, 1.165) is 16.9 Å². The number of hydrogen-bond acceptors (Lipinski definition) is 4. The minimum atomic E-state index is -3.64. The molecule has 142 valence electrons. The third kappa shape index (κ3) is 4.72. The fraction of sp³-hybridized carbons (Fsp3) is 0.263. The highest BCUT2D eigenvalue weighted by Crippen LogP contribution is 2.13. The van der Waals surface area contributed by atoms with Crippen LogP contribution in [-0.2, 0) is 16.4 Å². The maximum absolute atomic E-state index is 12.4. The van der Waals surface area contributed by atoms with Crippen molar-refractivity contribution < 1.29 is 13.2 Å². The summed E-state index contributed by atoms with van der Waals surface area (Å²) >= 11 is 0. The predicted octanol–water partition coefficient (Wildman–Crippen LogP) is 2.22. The molecule has 27 heavy (non-hydrogen) atoms. The van der Waals surface area contributed by atoms with Crippen molar-refractivity contribution in [3.63, 3.8) is 0 Å². The molecule has 3 N–H and O–H groups in total. The summed E-state index contributed by atoms with van der Waals surface area (Å²) in [6, 6.07) is 13.5. The Morgan fingerprint density at radius 1 is 1.15 bits per heavy atom. The van der Waals surface area contributed by atoms with Gasteiger partial charge in [0, 0.05) is 24.6 Å². The molecule has 1 heterocycles. The quantitative estimate of drug-likeness (QED) is 0.579. The van der Waals surface area contributed by atoms with Gasteiger partial charge in [0.15, 0.2) is 0 Å². The van der Waals surface area contributed by atoms with E-state index in [9.17, 15) is 13.2 Å². The summed E-state index contributed by atoms with van der Waals surface area (Å²) in [7, 11) is -3.64. The van der Waals surface area contributed by atoms with Gasteiger partial charge in [-0.05, 0) is 44.2 Å². The molecule has 0 bridgehead atoms. The average molecular weight is 386 g/mol. The molecule has 2 aromatic carbocycles. The standard InChI is InChI=1S/C19H22N4O3S/c1-13(2)23-27(25,26)15-7-5-6-14(12-15)19(24)20-11-10-18-21-16-8-3-4-9-17(16)22-18/h3-9,12-13,23H,10-11H2,1-2H3,(H,20,24)(H,21,22). The van der Waals surface area contributed by atoms with Crippen LogP contribution in [0, 0.1) is 0 Å². The minimum absolute atomic E-state index is 0.0705. The van der Waals surface area contributed by atoms with Crippen LogP contribution in [0.4, 0.5) is 0 Å². The van der Waals surface area contributed by atoms with E-state index in [0.29, 0.717) is 18.5 Å². The number of carbonyl (C=O) groups is 1. The number of aromatic nitrogens is 2. The highest BCUT2D eigenvalue weighted by molar-refractivity contribution is 7.89. The van der Waals surface area contributed by atoms with Crippen LogP contribution in [0.2, 0.25) is 0 Å². The number of rotatable bonds is 7. The van der Waals surface area contributed by atoms with Crippen molar-refractivity contribution in [2.24, 2.45) is 0 Å². The Balaban J connectivity index is 1.63. The smallest absolute Gasteiger partial charge is 0.251 e. The van der Waals surface area contributed by atoms with Crippen molar-refractivity contribution in [2.45, 2.75) is 31.2 Å². The zero-order chi connectivity index (χ0) is 19.4. The molecule has 0 spiro atoms. The monoisotopic (exact) mass is 386 g/mol. The first-order valence-electron chi connectivity index (χ1n) is 8.69. The van der Waals surface area contributed by atoms with E-state index in [4.69, 9.17) is 0 Å². The second kappa shape index (κ2) is 7.89. The van der Waals surface area contributed by atoms with Crippen LogP contribution >= 0.6 is 0 Å². The van der Waals surface area contributed by atoms with Gasteiger partial charge in [-0.25, -0.2) is 18.1 Å². The van der Waals surface area contributed by atoms with Crippen molar-refractivity contribution in [1.82, 2.24) is 20.0 Å². The first kappa shape index (κ1) is 19.1. The van der Waals surface area contributed by atoms with E-state index in [1.54, 1.807) is 26.0 Å². The summed E-state index contributed by atoms with van der Waals surface area (Å²) in [5.41, 5.74) is 2.13. The van der Waals surface area contributed by atoms with E-state index >= 15 is 0 Å². The molecule has 0 aliphatic heterocycles. The SMILES string of the molecule is CC(C)NS(=O)(=O)c1cccc(C(=O)NCCc2nc3ccccc3[nH]2)c1. The van der Waals surface area contributed by atoms with Gasteiger partial charge in [-0.15, -0.1) is 0 Å². The van der Waals surface area contributed by atoms with Gasteiger partial charge in [0.2, 0.25) is 10.0 Å². The lowest BCUT2D eigenvalue weighted by molar-refractivity contribution is 0.0954. The molecule has 0 saturated carbocycles. The second-order valence-corrected chi connectivity index (χ2v) is 8.22. The lowest BCUT2D eigenvalue weighted by Gasteiger charge is -2.10. The Morgan fingerprint density at radius 2 is 1.93 bits per heavy atom. The first-order chi connectivity index (χ1) is 12.8. The van der Waals surface area contributed by atoms with Crippen LogP contribution < -0.4 is 10.0 Å². The van der Waals surface area contributed by atoms with Crippen LogP contribution in [0.5, 0.6) is 0 Å². The van der Waals surface area contributed by atoms with Gasteiger partial charge in [0.05, 0.1) is 15.9 Å². The topological polar surface area (TPSA) is 104 Å². The van der Waals surface area contributed by atoms with Crippen LogP contribution in [0.3, 0.4) is 0 Å². The highest BCUT2D eigenvalue weighted by Gasteiger charge is 2.17. The first-order valence-corrected chi connectivity index (χ1v) is 10.2. The number of hydrogen-bond donors (Lipinski definition) is 3. The molecule has 1 amide bonds.